The minimum Gasteiger partial charge on any atom is -0.465 e. The molecule has 2 atom stereocenters. The van der Waals surface area contributed by atoms with Crippen LogP contribution in [0.3, 0.4) is 0 Å². The highest BCUT2D eigenvalue weighted by Gasteiger charge is 2.32. The number of thioether (sulfide) groups is 1. The van der Waals surface area contributed by atoms with E-state index >= 15 is 0 Å². The molecule has 1 heterocycles. The van der Waals surface area contributed by atoms with Gasteiger partial charge in [-0.15, -0.1) is 0 Å². The van der Waals surface area contributed by atoms with Gasteiger partial charge in [0, 0.05) is 19.1 Å². The first-order chi connectivity index (χ1) is 11.0. The van der Waals surface area contributed by atoms with Crippen LogP contribution in [0.2, 0.25) is 25.7 Å². The minimum absolute atomic E-state index is 0.0616. The minimum atomic E-state index is -1.15. The highest BCUT2D eigenvalue weighted by Crippen LogP contribution is 2.27. The first kappa shape index (κ1) is 18.6. The third-order valence-electron chi connectivity index (χ3n) is 4.06. The molecule has 23 heavy (non-hydrogen) atoms. The first-order valence-corrected chi connectivity index (χ1v) is 13.3. The van der Waals surface area contributed by atoms with Crippen molar-refractivity contribution in [3.8, 4) is 0 Å². The number of carbonyl (C=O) groups is 1. The highest BCUT2D eigenvalue weighted by molar-refractivity contribution is 7.99. The largest absolute Gasteiger partial charge is 0.465 e. The zero-order valence-corrected chi connectivity index (χ0v) is 16.3. The topological polar surface area (TPSA) is 38.3 Å². The van der Waals surface area contributed by atoms with E-state index in [2.05, 4.69) is 49.2 Å². The number of rotatable bonds is 7. The number of ether oxygens (including phenoxy) is 1. The van der Waals surface area contributed by atoms with E-state index in [1.165, 1.54) is 5.56 Å². The standard InChI is InChI=1S/C18H29NO2SSi/c1-23(2,3)13-12-21-18(20)17-16(10-7-11-19-17)22-14-15-8-5-4-6-9-15/h4-6,8-9,16-17,19H,7,10-14H2,1-3H3/t16-,17-/m1/s1. The summed E-state index contributed by atoms with van der Waals surface area (Å²) < 4.78 is 5.56. The Bertz CT molecular complexity index is 490. The molecule has 3 nitrogen and oxygen atoms in total. The van der Waals surface area contributed by atoms with Gasteiger partial charge in [0.25, 0.3) is 0 Å². The summed E-state index contributed by atoms with van der Waals surface area (Å²) in [5, 5.41) is 3.68. The van der Waals surface area contributed by atoms with Gasteiger partial charge in [0.05, 0.1) is 6.61 Å². The molecular weight excluding hydrogens is 322 g/mol. The van der Waals surface area contributed by atoms with E-state index in [4.69, 9.17) is 4.74 Å². The Kier molecular flexibility index (Phi) is 7.18. The normalized spacial score (nSPS) is 21.9. The lowest BCUT2D eigenvalue weighted by Crippen LogP contribution is -2.49. The smallest absolute Gasteiger partial charge is 0.324 e. The Morgan fingerprint density at radius 3 is 2.74 bits per heavy atom. The number of nitrogens with one attached hydrogen (secondary N) is 1. The van der Waals surface area contributed by atoms with E-state index in [-0.39, 0.29) is 12.0 Å². The number of esters is 1. The molecule has 0 amide bonds. The van der Waals surface area contributed by atoms with Crippen molar-refractivity contribution in [2.24, 2.45) is 0 Å². The summed E-state index contributed by atoms with van der Waals surface area (Å²) in [4.78, 5) is 12.4. The summed E-state index contributed by atoms with van der Waals surface area (Å²) in [6.07, 6.45) is 2.21. The van der Waals surface area contributed by atoms with Crippen molar-refractivity contribution >= 4 is 25.8 Å². The Labute approximate surface area is 145 Å². The maximum Gasteiger partial charge on any atom is 0.324 e. The molecule has 1 aromatic carbocycles. The Hall–Kier alpha value is -0.783. The van der Waals surface area contributed by atoms with Gasteiger partial charge in [-0.2, -0.15) is 11.8 Å². The average molecular weight is 352 g/mol. The van der Waals surface area contributed by atoms with Crippen LogP contribution < -0.4 is 5.32 Å². The molecule has 0 bridgehead atoms. The van der Waals surface area contributed by atoms with Crippen LogP contribution in [0.25, 0.3) is 0 Å². The van der Waals surface area contributed by atoms with E-state index in [1.807, 2.05) is 17.8 Å². The molecule has 5 heteroatoms. The van der Waals surface area contributed by atoms with Crippen LogP contribution in [0.1, 0.15) is 18.4 Å². The maximum absolute atomic E-state index is 12.4. The van der Waals surface area contributed by atoms with Gasteiger partial charge < -0.3 is 10.1 Å². The van der Waals surface area contributed by atoms with Gasteiger partial charge in [0.2, 0.25) is 0 Å². The fraction of sp³-hybridized carbons (Fsp3) is 0.611. The molecule has 0 spiro atoms. The van der Waals surface area contributed by atoms with E-state index < -0.39 is 8.07 Å². The zero-order chi connectivity index (χ0) is 16.7. The van der Waals surface area contributed by atoms with Crippen LogP contribution in [-0.4, -0.2) is 38.5 Å². The molecule has 0 unspecified atom stereocenters. The summed E-state index contributed by atoms with van der Waals surface area (Å²) in [7, 11) is -1.15. The lowest BCUT2D eigenvalue weighted by Gasteiger charge is -2.31. The molecule has 1 saturated heterocycles. The number of carbonyl (C=O) groups excluding carboxylic acids is 1. The molecule has 1 aliphatic heterocycles. The molecule has 1 aromatic rings. The summed E-state index contributed by atoms with van der Waals surface area (Å²) in [5.74, 6) is 0.889. The molecular formula is C18H29NO2SSi. The summed E-state index contributed by atoms with van der Waals surface area (Å²) in [5.41, 5.74) is 1.31. The number of benzene rings is 1. The SMILES string of the molecule is C[Si](C)(C)CCOC(=O)[C@@H]1NCCC[C@H]1SCc1ccccc1. The van der Waals surface area contributed by atoms with Gasteiger partial charge in [-0.3, -0.25) is 4.79 Å². The third-order valence-corrected chi connectivity index (χ3v) is 7.20. The van der Waals surface area contributed by atoms with Crippen LogP contribution in [-0.2, 0) is 15.3 Å². The molecule has 0 aliphatic carbocycles. The monoisotopic (exact) mass is 351 g/mol. The Balaban J connectivity index is 1.83. The molecule has 1 N–H and O–H groups in total. The quantitative estimate of drug-likeness (QED) is 0.597. The predicted octanol–water partition coefficient (Wildman–Crippen LogP) is 3.92. The second kappa shape index (κ2) is 8.90. The first-order valence-electron chi connectivity index (χ1n) is 8.51. The second-order valence-electron chi connectivity index (χ2n) is 7.39. The van der Waals surface area contributed by atoms with Gasteiger partial charge in [-0.25, -0.2) is 0 Å². The second-order valence-corrected chi connectivity index (χ2v) is 14.2. The van der Waals surface area contributed by atoms with E-state index in [1.54, 1.807) is 0 Å². The van der Waals surface area contributed by atoms with Crippen LogP contribution in [0.4, 0.5) is 0 Å². The third kappa shape index (κ3) is 6.69. The van der Waals surface area contributed by atoms with Gasteiger partial charge in [0.1, 0.15) is 6.04 Å². The van der Waals surface area contributed by atoms with Crippen LogP contribution in [0, 0.1) is 0 Å². The zero-order valence-electron chi connectivity index (χ0n) is 14.5. The van der Waals surface area contributed by atoms with Crippen molar-refractivity contribution in [1.82, 2.24) is 5.32 Å². The van der Waals surface area contributed by atoms with Gasteiger partial charge in [0.15, 0.2) is 0 Å². The van der Waals surface area contributed by atoms with Crippen molar-refractivity contribution < 1.29 is 9.53 Å². The highest BCUT2D eigenvalue weighted by atomic mass is 32.2. The summed E-state index contributed by atoms with van der Waals surface area (Å²) >= 11 is 1.87. The fourth-order valence-electron chi connectivity index (χ4n) is 2.60. The molecule has 128 valence electrons. The van der Waals surface area contributed by atoms with Crippen LogP contribution in [0.15, 0.2) is 30.3 Å². The lowest BCUT2D eigenvalue weighted by atomic mass is 10.0. The molecule has 2 rings (SSSR count). The van der Waals surface area contributed by atoms with E-state index in [0.29, 0.717) is 11.9 Å². The van der Waals surface area contributed by atoms with E-state index in [0.717, 1.165) is 31.2 Å². The van der Waals surface area contributed by atoms with Crippen molar-refractivity contribution in [3.05, 3.63) is 35.9 Å². The van der Waals surface area contributed by atoms with Crippen molar-refractivity contribution in [1.29, 1.82) is 0 Å². The van der Waals surface area contributed by atoms with E-state index in [9.17, 15) is 4.79 Å². The van der Waals surface area contributed by atoms with Gasteiger partial charge in [-0.05, 0) is 31.0 Å². The molecule has 0 radical (unpaired) electrons. The fourth-order valence-corrected chi connectivity index (χ4v) is 4.65. The van der Waals surface area contributed by atoms with Gasteiger partial charge >= 0.3 is 5.97 Å². The Morgan fingerprint density at radius 2 is 2.04 bits per heavy atom. The van der Waals surface area contributed by atoms with Gasteiger partial charge in [-0.1, -0.05) is 50.0 Å². The molecule has 1 aliphatic rings. The predicted molar refractivity (Wildman–Crippen MR) is 102 cm³/mol. The Morgan fingerprint density at radius 1 is 1.30 bits per heavy atom. The number of piperidine rings is 1. The molecule has 0 aromatic heterocycles. The van der Waals surface area contributed by atoms with Crippen LogP contribution >= 0.6 is 11.8 Å². The molecule has 0 saturated carbocycles. The van der Waals surface area contributed by atoms with Crippen LogP contribution in [0.5, 0.6) is 0 Å². The lowest BCUT2D eigenvalue weighted by molar-refractivity contribution is -0.146. The number of hydrogen-bond donors (Lipinski definition) is 1. The maximum atomic E-state index is 12.4. The summed E-state index contributed by atoms with van der Waals surface area (Å²) in [6, 6.07) is 11.3. The van der Waals surface area contributed by atoms with Crippen molar-refractivity contribution in [3.63, 3.8) is 0 Å². The van der Waals surface area contributed by atoms with Crippen molar-refractivity contribution in [2.75, 3.05) is 13.2 Å². The van der Waals surface area contributed by atoms with Crippen molar-refractivity contribution in [2.45, 2.75) is 55.6 Å². The average Bonchev–Trinajstić information content (AvgIpc) is 2.53. The number of hydrogen-bond acceptors (Lipinski definition) is 4. The molecule has 1 fully saturated rings. The summed E-state index contributed by atoms with van der Waals surface area (Å²) in [6.45, 7) is 8.40.